The molecule has 7 nitrogen and oxygen atoms in total. The van der Waals surface area contributed by atoms with Gasteiger partial charge in [-0.3, -0.25) is 4.79 Å². The number of amides is 1. The van der Waals surface area contributed by atoms with E-state index in [-0.39, 0.29) is 24.5 Å². The number of aliphatic hydroxyl groups is 1. The van der Waals surface area contributed by atoms with Gasteiger partial charge in [0.1, 0.15) is 23.6 Å². The lowest BCUT2D eigenvalue weighted by atomic mass is 9.92. The molecule has 0 bridgehead atoms. The summed E-state index contributed by atoms with van der Waals surface area (Å²) in [6, 6.07) is 3.33. The Bertz CT molecular complexity index is 769. The van der Waals surface area contributed by atoms with Gasteiger partial charge in [0.25, 0.3) is 0 Å². The zero-order valence-electron chi connectivity index (χ0n) is 18.2. The zero-order chi connectivity index (χ0) is 22.1. The molecule has 1 aromatic carbocycles. The van der Waals surface area contributed by atoms with Crippen LogP contribution in [0.5, 0.6) is 0 Å². The Balaban J connectivity index is 2.38. The molecule has 0 radical (unpaired) electrons. The number of benzene rings is 1. The molecule has 0 saturated carbocycles. The predicted molar refractivity (Wildman–Crippen MR) is 105 cm³/mol. The second-order valence-electron chi connectivity index (χ2n) is 9.41. The standard InChI is InChI=1S/C21H31FN2O5/c1-20(2,3)18-23(7)17(26)16(24(18)29-19(27)28-21(4,5)6)11-14-10-13(12-25)8-9-15(14)22/h8-10,16,18,25H,11-12H2,1-7H3/t16-,18-/m0/s1. The molecule has 1 amide bonds. The van der Waals surface area contributed by atoms with Crippen LogP contribution in [0.2, 0.25) is 0 Å². The van der Waals surface area contributed by atoms with Gasteiger partial charge in [-0.1, -0.05) is 32.9 Å². The van der Waals surface area contributed by atoms with Crippen molar-refractivity contribution in [2.75, 3.05) is 7.05 Å². The normalized spacial score (nSPS) is 20.9. The molecule has 1 fully saturated rings. The van der Waals surface area contributed by atoms with Crippen LogP contribution >= 0.6 is 0 Å². The number of carbonyl (C=O) groups excluding carboxylic acids is 2. The van der Waals surface area contributed by atoms with Crippen LogP contribution in [0.15, 0.2) is 18.2 Å². The van der Waals surface area contributed by atoms with Crippen molar-refractivity contribution < 1.29 is 28.7 Å². The van der Waals surface area contributed by atoms with E-state index >= 15 is 0 Å². The van der Waals surface area contributed by atoms with E-state index in [1.54, 1.807) is 27.8 Å². The first-order valence-corrected chi connectivity index (χ1v) is 9.58. The summed E-state index contributed by atoms with van der Waals surface area (Å²) in [5.74, 6) is -0.781. The number of hydrogen-bond donors (Lipinski definition) is 1. The van der Waals surface area contributed by atoms with Gasteiger partial charge in [0.2, 0.25) is 5.91 Å². The molecule has 1 N–H and O–H groups in total. The van der Waals surface area contributed by atoms with Crippen LogP contribution in [0.4, 0.5) is 9.18 Å². The van der Waals surface area contributed by atoms with E-state index in [1.807, 2.05) is 20.8 Å². The number of ether oxygens (including phenoxy) is 1. The molecule has 1 saturated heterocycles. The highest BCUT2D eigenvalue weighted by Crippen LogP contribution is 2.36. The third kappa shape index (κ3) is 5.45. The third-order valence-electron chi connectivity index (χ3n) is 4.60. The maximum absolute atomic E-state index is 14.4. The molecule has 0 aromatic heterocycles. The number of carbonyl (C=O) groups is 2. The summed E-state index contributed by atoms with van der Waals surface area (Å²) >= 11 is 0. The van der Waals surface area contributed by atoms with Crippen molar-refractivity contribution in [3.8, 4) is 0 Å². The van der Waals surface area contributed by atoms with Crippen molar-refractivity contribution in [1.82, 2.24) is 9.96 Å². The Morgan fingerprint density at radius 2 is 1.83 bits per heavy atom. The minimum Gasteiger partial charge on any atom is -0.427 e. The number of hydrogen-bond acceptors (Lipinski definition) is 6. The maximum atomic E-state index is 14.4. The van der Waals surface area contributed by atoms with E-state index in [2.05, 4.69) is 0 Å². The van der Waals surface area contributed by atoms with E-state index in [0.29, 0.717) is 5.56 Å². The molecule has 1 aliphatic heterocycles. The molecule has 1 aliphatic rings. The van der Waals surface area contributed by atoms with E-state index in [4.69, 9.17) is 9.57 Å². The third-order valence-corrected chi connectivity index (χ3v) is 4.60. The Morgan fingerprint density at radius 3 is 2.34 bits per heavy atom. The van der Waals surface area contributed by atoms with E-state index in [0.717, 1.165) is 0 Å². The van der Waals surface area contributed by atoms with Crippen LogP contribution < -0.4 is 0 Å². The Kier molecular flexibility index (Phi) is 6.59. The number of aliphatic hydroxyl groups excluding tert-OH is 1. The topological polar surface area (TPSA) is 79.3 Å². The van der Waals surface area contributed by atoms with Crippen molar-refractivity contribution in [1.29, 1.82) is 0 Å². The molecule has 8 heteroatoms. The van der Waals surface area contributed by atoms with Gasteiger partial charge in [-0.25, -0.2) is 9.18 Å². The van der Waals surface area contributed by atoms with Crippen LogP contribution in [0.25, 0.3) is 0 Å². The average Bonchev–Trinajstić information content (AvgIpc) is 2.79. The Hall–Kier alpha value is -2.19. The molecule has 1 aromatic rings. The fourth-order valence-corrected chi connectivity index (χ4v) is 3.50. The average molecular weight is 410 g/mol. The van der Waals surface area contributed by atoms with Crippen LogP contribution in [-0.4, -0.2) is 52.0 Å². The van der Waals surface area contributed by atoms with Gasteiger partial charge < -0.3 is 19.6 Å². The second kappa shape index (κ2) is 8.28. The van der Waals surface area contributed by atoms with Crippen molar-refractivity contribution in [2.45, 2.75) is 72.4 Å². The summed E-state index contributed by atoms with van der Waals surface area (Å²) in [7, 11) is 1.63. The van der Waals surface area contributed by atoms with Crippen molar-refractivity contribution >= 4 is 12.1 Å². The summed E-state index contributed by atoms with van der Waals surface area (Å²) < 4.78 is 19.6. The van der Waals surface area contributed by atoms with Gasteiger partial charge >= 0.3 is 6.16 Å². The lowest BCUT2D eigenvalue weighted by Crippen LogP contribution is -2.49. The van der Waals surface area contributed by atoms with Crippen molar-refractivity contribution in [3.63, 3.8) is 0 Å². The summed E-state index contributed by atoms with van der Waals surface area (Å²) in [5, 5.41) is 10.6. The summed E-state index contributed by atoms with van der Waals surface area (Å²) in [6.45, 7) is 10.7. The number of nitrogens with zero attached hydrogens (tertiary/aromatic N) is 2. The molecule has 29 heavy (non-hydrogen) atoms. The molecule has 2 rings (SSSR count). The maximum Gasteiger partial charge on any atom is 0.528 e. The Labute approximate surface area is 171 Å². The largest absolute Gasteiger partial charge is 0.528 e. The van der Waals surface area contributed by atoms with E-state index in [1.165, 1.54) is 28.2 Å². The lowest BCUT2D eigenvalue weighted by molar-refractivity contribution is -0.200. The zero-order valence-corrected chi connectivity index (χ0v) is 18.2. The van der Waals surface area contributed by atoms with Gasteiger partial charge in [0, 0.05) is 13.5 Å². The fourth-order valence-electron chi connectivity index (χ4n) is 3.50. The van der Waals surface area contributed by atoms with Crippen LogP contribution in [0.1, 0.15) is 52.7 Å². The quantitative estimate of drug-likeness (QED) is 0.768. The van der Waals surface area contributed by atoms with Crippen LogP contribution in [0, 0.1) is 11.2 Å². The molecular formula is C21H31FN2O5. The highest BCUT2D eigenvalue weighted by molar-refractivity contribution is 5.84. The number of halogens is 1. The van der Waals surface area contributed by atoms with Gasteiger partial charge in [-0.2, -0.15) is 0 Å². The molecule has 0 spiro atoms. The van der Waals surface area contributed by atoms with E-state index < -0.39 is 35.2 Å². The molecular weight excluding hydrogens is 379 g/mol. The summed E-state index contributed by atoms with van der Waals surface area (Å²) in [6.07, 6.45) is -1.50. The number of rotatable bonds is 4. The molecule has 0 unspecified atom stereocenters. The monoisotopic (exact) mass is 410 g/mol. The highest BCUT2D eigenvalue weighted by Gasteiger charge is 2.52. The second-order valence-corrected chi connectivity index (χ2v) is 9.41. The van der Waals surface area contributed by atoms with Crippen LogP contribution in [-0.2, 0) is 27.4 Å². The lowest BCUT2D eigenvalue weighted by Gasteiger charge is -2.37. The van der Waals surface area contributed by atoms with Gasteiger partial charge in [-0.15, -0.1) is 5.06 Å². The summed E-state index contributed by atoms with van der Waals surface area (Å²) in [4.78, 5) is 32.3. The Morgan fingerprint density at radius 1 is 1.21 bits per heavy atom. The minimum atomic E-state index is -0.926. The van der Waals surface area contributed by atoms with Gasteiger partial charge in [0.05, 0.1) is 6.61 Å². The van der Waals surface area contributed by atoms with Gasteiger partial charge in [-0.05, 0) is 43.4 Å². The first-order valence-electron chi connectivity index (χ1n) is 9.58. The van der Waals surface area contributed by atoms with Crippen LogP contribution in [0.3, 0.4) is 0 Å². The molecule has 2 atom stereocenters. The number of likely N-dealkylation sites (N-methyl/N-ethyl adjacent to an activating group) is 1. The number of hydroxylamine groups is 2. The van der Waals surface area contributed by atoms with Gasteiger partial charge in [0.15, 0.2) is 0 Å². The first-order chi connectivity index (χ1) is 13.2. The molecule has 162 valence electrons. The molecule has 1 heterocycles. The molecule has 0 aliphatic carbocycles. The smallest absolute Gasteiger partial charge is 0.427 e. The summed E-state index contributed by atoms with van der Waals surface area (Å²) in [5.41, 5.74) is -0.420. The first kappa shape index (κ1) is 23.1. The predicted octanol–water partition coefficient (Wildman–Crippen LogP) is 3.24. The minimum absolute atomic E-state index is 0.0157. The van der Waals surface area contributed by atoms with Crippen molar-refractivity contribution in [2.24, 2.45) is 5.41 Å². The fraction of sp³-hybridized carbons (Fsp3) is 0.619. The highest BCUT2D eigenvalue weighted by atomic mass is 19.1. The SMILES string of the molecule is CN1C(=O)[C@H](Cc2cc(CO)ccc2F)N(OC(=O)OC(C)(C)C)[C@H]1C(C)(C)C. The van der Waals surface area contributed by atoms with E-state index in [9.17, 15) is 19.1 Å². The van der Waals surface area contributed by atoms with Crippen molar-refractivity contribution in [3.05, 3.63) is 35.1 Å².